The van der Waals surface area contributed by atoms with Gasteiger partial charge in [0.1, 0.15) is 11.4 Å². The largest absolute Gasteiger partial charge is 0.454 e. The summed E-state index contributed by atoms with van der Waals surface area (Å²) in [6.45, 7) is 7.62. The van der Waals surface area contributed by atoms with E-state index >= 15 is 0 Å². The number of nitrogens with zero attached hydrogens (tertiary/aromatic N) is 2. The van der Waals surface area contributed by atoms with Crippen molar-refractivity contribution in [2.75, 3.05) is 13.2 Å². The molecule has 0 atom stereocenters. The zero-order chi connectivity index (χ0) is 17.9. The Balaban J connectivity index is 2.01. The van der Waals surface area contributed by atoms with E-state index < -0.39 is 5.97 Å². The summed E-state index contributed by atoms with van der Waals surface area (Å²) >= 11 is 1.45. The molecular weight excluding hydrogens is 330 g/mol. The number of fused-ring (bicyclic) bond motifs is 1. The average Bonchev–Trinajstić information content (AvgIpc) is 2.81. The second kappa shape index (κ2) is 7.57. The quantitative estimate of drug-likeness (QED) is 0.794. The number of ether oxygens (including phenoxy) is 1. The van der Waals surface area contributed by atoms with Crippen LogP contribution in [-0.4, -0.2) is 34.6 Å². The Morgan fingerprint density at radius 1 is 1.38 bits per heavy atom. The summed E-state index contributed by atoms with van der Waals surface area (Å²) in [6.07, 6.45) is 1.33. The van der Waals surface area contributed by atoms with Gasteiger partial charge in [0.15, 0.2) is 6.61 Å². The summed E-state index contributed by atoms with van der Waals surface area (Å²) in [5.41, 5.74) is 0.603. The monoisotopic (exact) mass is 351 g/mol. The van der Waals surface area contributed by atoms with Gasteiger partial charge < -0.3 is 10.1 Å². The first-order valence-electron chi connectivity index (χ1n) is 7.67. The lowest BCUT2D eigenvalue weighted by molar-refractivity contribution is -0.149. The molecule has 0 aliphatic carbocycles. The molecule has 2 rings (SSSR count). The molecule has 0 fully saturated rings. The summed E-state index contributed by atoms with van der Waals surface area (Å²) in [5.74, 6) is -0.692. The minimum atomic E-state index is -0.650. The fraction of sp³-hybridized carbons (Fsp3) is 0.500. The SMILES string of the molecule is Cc1sc2ncn(CC(=O)OCC(=O)NCC(C)C)c(=O)c2c1C. The first-order chi connectivity index (χ1) is 11.3. The number of aryl methyl sites for hydroxylation is 2. The lowest BCUT2D eigenvalue weighted by Crippen LogP contribution is -2.33. The van der Waals surface area contributed by atoms with Gasteiger partial charge in [0.05, 0.1) is 11.7 Å². The van der Waals surface area contributed by atoms with E-state index in [9.17, 15) is 14.4 Å². The van der Waals surface area contributed by atoms with Crippen molar-refractivity contribution >= 4 is 33.4 Å². The molecule has 0 bridgehead atoms. The maximum absolute atomic E-state index is 12.5. The molecule has 2 heterocycles. The number of hydrogen-bond acceptors (Lipinski definition) is 6. The van der Waals surface area contributed by atoms with Crippen LogP contribution in [0.5, 0.6) is 0 Å². The summed E-state index contributed by atoms with van der Waals surface area (Å²) in [7, 11) is 0. The second-order valence-electron chi connectivity index (χ2n) is 6.00. The minimum absolute atomic E-state index is 0.270. The molecule has 0 aliphatic heterocycles. The first kappa shape index (κ1) is 18.1. The number of esters is 1. The van der Waals surface area contributed by atoms with E-state index in [1.54, 1.807) is 0 Å². The van der Waals surface area contributed by atoms with E-state index in [0.29, 0.717) is 22.7 Å². The van der Waals surface area contributed by atoms with Gasteiger partial charge in [-0.25, -0.2) is 4.98 Å². The Labute approximate surface area is 143 Å². The van der Waals surface area contributed by atoms with Crippen LogP contribution in [0.3, 0.4) is 0 Å². The topological polar surface area (TPSA) is 90.3 Å². The molecule has 8 heteroatoms. The van der Waals surface area contributed by atoms with Crippen LogP contribution < -0.4 is 10.9 Å². The number of rotatable bonds is 6. The summed E-state index contributed by atoms with van der Waals surface area (Å²) in [5, 5.41) is 3.18. The van der Waals surface area contributed by atoms with Crippen molar-refractivity contribution in [3.8, 4) is 0 Å². The Morgan fingerprint density at radius 2 is 2.08 bits per heavy atom. The molecule has 0 aromatic carbocycles. The summed E-state index contributed by atoms with van der Waals surface area (Å²) < 4.78 is 6.11. The van der Waals surface area contributed by atoms with Crippen LogP contribution in [0, 0.1) is 19.8 Å². The molecule has 0 radical (unpaired) electrons. The van der Waals surface area contributed by atoms with E-state index in [4.69, 9.17) is 4.74 Å². The third-order valence-electron chi connectivity index (χ3n) is 3.53. The van der Waals surface area contributed by atoms with Gasteiger partial charge in [-0.05, 0) is 25.3 Å². The van der Waals surface area contributed by atoms with E-state index in [1.165, 1.54) is 22.2 Å². The van der Waals surface area contributed by atoms with Gasteiger partial charge in [0.25, 0.3) is 11.5 Å². The van der Waals surface area contributed by atoms with Crippen LogP contribution in [0.15, 0.2) is 11.1 Å². The van der Waals surface area contributed by atoms with Crippen LogP contribution in [0.1, 0.15) is 24.3 Å². The molecule has 2 aromatic rings. The third kappa shape index (κ3) is 4.19. The zero-order valence-electron chi connectivity index (χ0n) is 14.2. The van der Waals surface area contributed by atoms with Crippen LogP contribution in [-0.2, 0) is 20.9 Å². The molecular formula is C16H21N3O4S. The molecule has 7 nitrogen and oxygen atoms in total. The molecule has 24 heavy (non-hydrogen) atoms. The maximum Gasteiger partial charge on any atom is 0.326 e. The lowest BCUT2D eigenvalue weighted by atomic mass is 10.2. The van der Waals surface area contributed by atoms with Crippen molar-refractivity contribution in [3.05, 3.63) is 27.1 Å². The van der Waals surface area contributed by atoms with Gasteiger partial charge in [-0.2, -0.15) is 0 Å². The van der Waals surface area contributed by atoms with Crippen molar-refractivity contribution in [3.63, 3.8) is 0 Å². The van der Waals surface area contributed by atoms with Crippen LogP contribution in [0.4, 0.5) is 0 Å². The highest BCUT2D eigenvalue weighted by Crippen LogP contribution is 2.25. The Bertz CT molecular complexity index is 823. The average molecular weight is 351 g/mol. The predicted octanol–water partition coefficient (Wildman–Crippen LogP) is 1.39. The Morgan fingerprint density at radius 3 is 2.75 bits per heavy atom. The Kier molecular flexibility index (Phi) is 5.71. The van der Waals surface area contributed by atoms with Gasteiger partial charge in [-0.15, -0.1) is 11.3 Å². The van der Waals surface area contributed by atoms with Gasteiger partial charge >= 0.3 is 5.97 Å². The predicted molar refractivity (Wildman–Crippen MR) is 92.2 cm³/mol. The highest BCUT2D eigenvalue weighted by Gasteiger charge is 2.15. The number of nitrogens with one attached hydrogen (secondary N) is 1. The zero-order valence-corrected chi connectivity index (χ0v) is 15.0. The number of amides is 1. The molecule has 0 spiro atoms. The molecule has 2 aromatic heterocycles. The van der Waals surface area contributed by atoms with E-state index in [0.717, 1.165) is 10.4 Å². The van der Waals surface area contributed by atoms with Crippen molar-refractivity contribution in [2.24, 2.45) is 5.92 Å². The van der Waals surface area contributed by atoms with Crippen molar-refractivity contribution in [1.82, 2.24) is 14.9 Å². The van der Waals surface area contributed by atoms with E-state index in [-0.39, 0.29) is 24.6 Å². The van der Waals surface area contributed by atoms with E-state index in [2.05, 4.69) is 10.3 Å². The van der Waals surface area contributed by atoms with Gasteiger partial charge in [0, 0.05) is 11.4 Å². The summed E-state index contributed by atoms with van der Waals surface area (Å²) in [6, 6.07) is 0. The number of carbonyl (C=O) groups is 2. The molecule has 0 saturated carbocycles. The standard InChI is InChI=1S/C16H21N3O4S/c1-9(2)5-17-12(20)7-23-13(21)6-19-8-18-15-14(16(19)22)10(3)11(4)24-15/h8-9H,5-7H2,1-4H3,(H,17,20). The maximum atomic E-state index is 12.5. The fourth-order valence-corrected chi connectivity index (χ4v) is 3.07. The molecule has 0 unspecified atom stereocenters. The first-order valence-corrected chi connectivity index (χ1v) is 8.48. The summed E-state index contributed by atoms with van der Waals surface area (Å²) in [4.78, 5) is 41.7. The molecule has 1 N–H and O–H groups in total. The Hall–Kier alpha value is -2.22. The number of thiophene rings is 1. The molecule has 0 saturated heterocycles. The highest BCUT2D eigenvalue weighted by atomic mass is 32.1. The molecule has 1 amide bonds. The van der Waals surface area contributed by atoms with Crippen LogP contribution in [0.2, 0.25) is 0 Å². The smallest absolute Gasteiger partial charge is 0.326 e. The number of carbonyl (C=O) groups excluding carboxylic acids is 2. The van der Waals surface area contributed by atoms with E-state index in [1.807, 2.05) is 27.7 Å². The molecule has 0 aliphatic rings. The number of hydrogen-bond donors (Lipinski definition) is 1. The van der Waals surface area contributed by atoms with Crippen molar-refractivity contribution in [1.29, 1.82) is 0 Å². The van der Waals surface area contributed by atoms with Gasteiger partial charge in [-0.3, -0.25) is 19.0 Å². The lowest BCUT2D eigenvalue weighted by Gasteiger charge is -2.09. The highest BCUT2D eigenvalue weighted by molar-refractivity contribution is 7.18. The van der Waals surface area contributed by atoms with Crippen LogP contribution in [0.25, 0.3) is 10.2 Å². The van der Waals surface area contributed by atoms with Crippen molar-refractivity contribution in [2.45, 2.75) is 34.2 Å². The normalized spacial score (nSPS) is 11.0. The second-order valence-corrected chi connectivity index (χ2v) is 7.20. The minimum Gasteiger partial charge on any atom is -0.454 e. The van der Waals surface area contributed by atoms with Crippen molar-refractivity contribution < 1.29 is 14.3 Å². The fourth-order valence-electron chi connectivity index (χ4n) is 2.08. The number of aromatic nitrogens is 2. The van der Waals surface area contributed by atoms with Gasteiger partial charge in [-0.1, -0.05) is 13.8 Å². The third-order valence-corrected chi connectivity index (χ3v) is 4.64. The van der Waals surface area contributed by atoms with Crippen LogP contribution >= 0.6 is 11.3 Å². The molecule has 130 valence electrons. The van der Waals surface area contributed by atoms with Gasteiger partial charge in [0.2, 0.25) is 0 Å².